The summed E-state index contributed by atoms with van der Waals surface area (Å²) in [7, 11) is 0. The predicted octanol–water partition coefficient (Wildman–Crippen LogP) is 1.44. The third-order valence-electron chi connectivity index (χ3n) is 4.22. The maximum atomic E-state index is 11.8. The van der Waals surface area contributed by atoms with Crippen LogP contribution in [-0.2, 0) is 11.2 Å². The van der Waals surface area contributed by atoms with Crippen LogP contribution in [0.5, 0.6) is 0 Å². The molecule has 6 heteroatoms. The smallest absolute Gasteiger partial charge is 0.242 e. The van der Waals surface area contributed by atoms with Crippen molar-refractivity contribution in [2.24, 2.45) is 11.1 Å². The van der Waals surface area contributed by atoms with Crippen LogP contribution in [0.25, 0.3) is 0 Å². The van der Waals surface area contributed by atoms with Crippen molar-refractivity contribution < 1.29 is 4.79 Å². The molecule has 0 radical (unpaired) electrons. The van der Waals surface area contributed by atoms with Crippen LogP contribution >= 0.6 is 11.3 Å². The molecule has 2 aliphatic rings. The summed E-state index contributed by atoms with van der Waals surface area (Å²) in [5, 5.41) is 3.84. The number of hydrogen-bond acceptors (Lipinski definition) is 5. The number of nitrogens with one attached hydrogen (secondary N) is 1. The lowest BCUT2D eigenvalue weighted by Gasteiger charge is -2.32. The van der Waals surface area contributed by atoms with Crippen molar-refractivity contribution in [3.8, 4) is 0 Å². The summed E-state index contributed by atoms with van der Waals surface area (Å²) < 4.78 is 0. The van der Waals surface area contributed by atoms with E-state index < -0.39 is 0 Å². The first-order valence-electron chi connectivity index (χ1n) is 7.17. The van der Waals surface area contributed by atoms with Gasteiger partial charge in [-0.2, -0.15) is 0 Å². The molecular formula is C14H22N4OS. The number of aromatic nitrogens is 1. The van der Waals surface area contributed by atoms with Gasteiger partial charge in [0.15, 0.2) is 5.13 Å². The van der Waals surface area contributed by atoms with Gasteiger partial charge in [0.05, 0.1) is 5.69 Å². The Kier molecular flexibility index (Phi) is 3.25. The third kappa shape index (κ3) is 2.31. The van der Waals surface area contributed by atoms with E-state index in [1.807, 2.05) is 6.92 Å². The molecule has 0 saturated carbocycles. The standard InChI is InChI=1S/C14H22N4OS/c1-8-12(19)16-4-5-18(8)13-17-10-7-14(2,3)6-9(15)11(10)20-13/h8-9H,4-7,15H2,1-3H3,(H,16,19). The van der Waals surface area contributed by atoms with E-state index in [0.29, 0.717) is 6.54 Å². The Balaban J connectivity index is 1.92. The Morgan fingerprint density at radius 3 is 3.00 bits per heavy atom. The number of nitrogens with zero attached hydrogens (tertiary/aromatic N) is 2. The minimum atomic E-state index is -0.152. The molecule has 2 atom stereocenters. The largest absolute Gasteiger partial charge is 0.353 e. The summed E-state index contributed by atoms with van der Waals surface area (Å²) in [6.45, 7) is 7.92. The first-order chi connectivity index (χ1) is 9.37. The lowest BCUT2D eigenvalue weighted by Crippen LogP contribution is -2.54. The molecule has 0 bridgehead atoms. The molecule has 1 fully saturated rings. The molecule has 2 heterocycles. The van der Waals surface area contributed by atoms with E-state index in [-0.39, 0.29) is 23.4 Å². The predicted molar refractivity (Wildman–Crippen MR) is 81.0 cm³/mol. The van der Waals surface area contributed by atoms with Crippen molar-refractivity contribution in [1.29, 1.82) is 0 Å². The Labute approximate surface area is 123 Å². The van der Waals surface area contributed by atoms with Crippen molar-refractivity contribution >= 4 is 22.4 Å². The van der Waals surface area contributed by atoms with Gasteiger partial charge in [0.1, 0.15) is 6.04 Å². The molecule has 1 saturated heterocycles. The van der Waals surface area contributed by atoms with Crippen molar-refractivity contribution in [1.82, 2.24) is 10.3 Å². The maximum absolute atomic E-state index is 11.8. The van der Waals surface area contributed by atoms with Crippen LogP contribution < -0.4 is 16.0 Å². The summed E-state index contributed by atoms with van der Waals surface area (Å²) in [6, 6.07) is -0.0745. The van der Waals surface area contributed by atoms with E-state index in [9.17, 15) is 4.79 Å². The molecule has 0 spiro atoms. The van der Waals surface area contributed by atoms with Crippen LogP contribution in [0.2, 0.25) is 0 Å². The number of anilines is 1. The van der Waals surface area contributed by atoms with Crippen LogP contribution in [0.4, 0.5) is 5.13 Å². The Hall–Kier alpha value is -1.14. The number of thiazole rings is 1. The SMILES string of the molecule is CC1C(=O)NCCN1c1nc2c(s1)C(N)CC(C)(C)C2. The van der Waals surface area contributed by atoms with Crippen molar-refractivity contribution in [3.05, 3.63) is 10.6 Å². The first-order valence-corrected chi connectivity index (χ1v) is 7.98. The van der Waals surface area contributed by atoms with Gasteiger partial charge >= 0.3 is 0 Å². The number of rotatable bonds is 1. The lowest BCUT2D eigenvalue weighted by molar-refractivity contribution is -0.122. The van der Waals surface area contributed by atoms with Gasteiger partial charge in [-0.3, -0.25) is 4.79 Å². The van der Waals surface area contributed by atoms with E-state index in [0.717, 1.165) is 30.2 Å². The van der Waals surface area contributed by atoms with E-state index in [1.54, 1.807) is 11.3 Å². The number of piperazine rings is 1. The van der Waals surface area contributed by atoms with Gasteiger partial charge in [0.25, 0.3) is 0 Å². The Bertz CT molecular complexity index is 539. The second kappa shape index (κ2) is 4.70. The van der Waals surface area contributed by atoms with Gasteiger partial charge in [-0.05, 0) is 25.2 Å². The third-order valence-corrected chi connectivity index (χ3v) is 5.48. The molecule has 20 heavy (non-hydrogen) atoms. The molecule has 3 N–H and O–H groups in total. The number of carbonyl (C=O) groups excluding carboxylic acids is 1. The zero-order chi connectivity index (χ0) is 14.5. The molecule has 1 aliphatic carbocycles. The van der Waals surface area contributed by atoms with E-state index in [4.69, 9.17) is 10.7 Å². The van der Waals surface area contributed by atoms with Crippen molar-refractivity contribution in [3.63, 3.8) is 0 Å². The fourth-order valence-corrected chi connectivity index (χ4v) is 4.34. The highest BCUT2D eigenvalue weighted by Crippen LogP contribution is 2.43. The highest BCUT2D eigenvalue weighted by atomic mass is 32.1. The van der Waals surface area contributed by atoms with Crippen LogP contribution in [-0.4, -0.2) is 30.0 Å². The second-order valence-electron chi connectivity index (χ2n) is 6.62. The van der Waals surface area contributed by atoms with Gasteiger partial charge in [-0.15, -0.1) is 0 Å². The molecule has 1 aliphatic heterocycles. The molecular weight excluding hydrogens is 272 g/mol. The summed E-state index contributed by atoms with van der Waals surface area (Å²) in [6.07, 6.45) is 1.97. The monoisotopic (exact) mass is 294 g/mol. The van der Waals surface area contributed by atoms with Crippen molar-refractivity contribution in [2.75, 3.05) is 18.0 Å². The van der Waals surface area contributed by atoms with Gasteiger partial charge in [-0.1, -0.05) is 25.2 Å². The number of amides is 1. The normalized spacial score (nSPS) is 29.0. The zero-order valence-corrected chi connectivity index (χ0v) is 13.1. The molecule has 1 aromatic rings. The van der Waals surface area contributed by atoms with Crippen LogP contribution in [0.3, 0.4) is 0 Å². The lowest BCUT2D eigenvalue weighted by atomic mass is 9.77. The van der Waals surface area contributed by atoms with Crippen molar-refractivity contribution in [2.45, 2.75) is 45.7 Å². The Morgan fingerprint density at radius 1 is 1.50 bits per heavy atom. The molecule has 2 unspecified atom stereocenters. The molecule has 1 amide bonds. The quantitative estimate of drug-likeness (QED) is 0.822. The number of carbonyl (C=O) groups is 1. The van der Waals surface area contributed by atoms with Gasteiger partial charge in [-0.25, -0.2) is 4.98 Å². The second-order valence-corrected chi connectivity index (χ2v) is 7.63. The topological polar surface area (TPSA) is 71.2 Å². The minimum Gasteiger partial charge on any atom is -0.353 e. The molecule has 0 aromatic carbocycles. The van der Waals surface area contributed by atoms with Crippen LogP contribution in [0.1, 0.15) is 43.8 Å². The summed E-state index contributed by atoms with van der Waals surface area (Å²) in [5.41, 5.74) is 7.64. The van der Waals surface area contributed by atoms with E-state index in [1.165, 1.54) is 4.88 Å². The van der Waals surface area contributed by atoms with E-state index >= 15 is 0 Å². The average Bonchev–Trinajstić information content (AvgIpc) is 2.75. The molecule has 3 rings (SSSR count). The number of fused-ring (bicyclic) bond motifs is 1. The maximum Gasteiger partial charge on any atom is 0.242 e. The fraction of sp³-hybridized carbons (Fsp3) is 0.714. The molecule has 110 valence electrons. The summed E-state index contributed by atoms with van der Waals surface area (Å²) in [5.74, 6) is 0.0778. The van der Waals surface area contributed by atoms with Crippen LogP contribution in [0, 0.1) is 5.41 Å². The highest BCUT2D eigenvalue weighted by Gasteiger charge is 2.35. The summed E-state index contributed by atoms with van der Waals surface area (Å²) in [4.78, 5) is 19.9. The first kappa shape index (κ1) is 13.8. The average molecular weight is 294 g/mol. The number of hydrogen-bond donors (Lipinski definition) is 2. The highest BCUT2D eigenvalue weighted by molar-refractivity contribution is 7.15. The van der Waals surface area contributed by atoms with Gasteiger partial charge < -0.3 is 16.0 Å². The molecule has 1 aromatic heterocycles. The molecule has 5 nitrogen and oxygen atoms in total. The Morgan fingerprint density at radius 2 is 2.25 bits per heavy atom. The minimum absolute atomic E-state index is 0.0777. The number of nitrogens with two attached hydrogens (primary N) is 1. The van der Waals surface area contributed by atoms with E-state index in [2.05, 4.69) is 24.1 Å². The zero-order valence-electron chi connectivity index (χ0n) is 12.3. The van der Waals surface area contributed by atoms with Gasteiger partial charge in [0, 0.05) is 24.0 Å². The fourth-order valence-electron chi connectivity index (χ4n) is 3.15. The van der Waals surface area contributed by atoms with Gasteiger partial charge in [0.2, 0.25) is 5.91 Å². The summed E-state index contributed by atoms with van der Waals surface area (Å²) >= 11 is 1.67. The van der Waals surface area contributed by atoms with Crippen LogP contribution in [0.15, 0.2) is 0 Å².